The third-order valence-electron chi connectivity index (χ3n) is 6.04. The van der Waals surface area contributed by atoms with Crippen molar-refractivity contribution in [3.05, 3.63) is 59.1 Å². The number of carbonyl (C=O) groups excluding carboxylic acids is 1. The molecule has 3 aromatic rings. The predicted molar refractivity (Wildman–Crippen MR) is 126 cm³/mol. The molecule has 0 spiro atoms. The van der Waals surface area contributed by atoms with Gasteiger partial charge in [0, 0.05) is 53.9 Å². The van der Waals surface area contributed by atoms with Gasteiger partial charge in [-0.25, -0.2) is 9.78 Å². The van der Waals surface area contributed by atoms with Gasteiger partial charge in [-0.1, -0.05) is 11.6 Å². The fraction of sp³-hybridized carbons (Fsp3) is 0.292. The van der Waals surface area contributed by atoms with Crippen molar-refractivity contribution in [2.24, 2.45) is 5.92 Å². The van der Waals surface area contributed by atoms with E-state index in [2.05, 4.69) is 15.1 Å². The second kappa shape index (κ2) is 8.31. The molecular formula is C24H23ClN4O3. The molecule has 164 valence electrons. The van der Waals surface area contributed by atoms with Gasteiger partial charge in [0.1, 0.15) is 5.82 Å². The van der Waals surface area contributed by atoms with Crippen molar-refractivity contribution in [3.8, 4) is 0 Å². The molecule has 1 saturated heterocycles. The van der Waals surface area contributed by atoms with Gasteiger partial charge >= 0.3 is 5.97 Å². The van der Waals surface area contributed by atoms with Crippen LogP contribution in [0.25, 0.3) is 10.9 Å². The lowest BCUT2D eigenvalue weighted by Crippen LogP contribution is -2.46. The maximum absolute atomic E-state index is 12.1. The molecule has 0 unspecified atom stereocenters. The molecule has 7 nitrogen and oxygen atoms in total. The number of carboxylic acid groups (broad SMARTS) is 1. The van der Waals surface area contributed by atoms with Crippen LogP contribution in [0.2, 0.25) is 5.02 Å². The van der Waals surface area contributed by atoms with Crippen molar-refractivity contribution >= 4 is 51.6 Å². The Morgan fingerprint density at radius 3 is 2.31 bits per heavy atom. The summed E-state index contributed by atoms with van der Waals surface area (Å²) in [5.74, 6) is -0.286. The van der Waals surface area contributed by atoms with Crippen molar-refractivity contribution in [2.75, 3.05) is 41.3 Å². The third kappa shape index (κ3) is 4.21. The fourth-order valence-corrected chi connectivity index (χ4v) is 4.19. The summed E-state index contributed by atoms with van der Waals surface area (Å²) in [6.07, 6.45) is 1.83. The molecule has 0 radical (unpaired) electrons. The maximum atomic E-state index is 12.1. The Bertz CT molecular complexity index is 1190. The molecule has 32 heavy (non-hydrogen) atoms. The maximum Gasteiger partial charge on any atom is 0.336 e. The van der Waals surface area contributed by atoms with Crippen molar-refractivity contribution in [1.29, 1.82) is 0 Å². The van der Waals surface area contributed by atoms with Gasteiger partial charge in [0.2, 0.25) is 5.91 Å². The van der Waals surface area contributed by atoms with Gasteiger partial charge in [-0.15, -0.1) is 0 Å². The Morgan fingerprint density at radius 2 is 1.66 bits per heavy atom. The van der Waals surface area contributed by atoms with E-state index in [1.807, 2.05) is 24.3 Å². The molecule has 2 aliphatic rings. The highest BCUT2D eigenvalue weighted by Gasteiger charge is 2.29. The fourth-order valence-electron chi connectivity index (χ4n) is 4.06. The number of rotatable bonds is 5. The molecule has 1 saturated carbocycles. The Hall–Kier alpha value is -3.32. The van der Waals surface area contributed by atoms with Gasteiger partial charge in [-0.3, -0.25) is 4.79 Å². The normalized spacial score (nSPS) is 16.3. The lowest BCUT2D eigenvalue weighted by Gasteiger charge is -2.37. The lowest BCUT2D eigenvalue weighted by atomic mass is 10.1. The first-order chi connectivity index (χ1) is 15.5. The van der Waals surface area contributed by atoms with Crippen molar-refractivity contribution in [1.82, 2.24) is 4.98 Å². The summed E-state index contributed by atoms with van der Waals surface area (Å²) in [4.78, 5) is 33.2. The number of halogens is 1. The Balaban J connectivity index is 1.37. The number of piperazine rings is 1. The number of hydrogen-bond acceptors (Lipinski definition) is 5. The second-order valence-corrected chi connectivity index (χ2v) is 8.72. The SMILES string of the molecule is O=C(O)c1cc(N2CCN(c3ccc(Cl)cc3)CC2)nc2ccc(NC(=O)C3CC3)cc12. The minimum absolute atomic E-state index is 0.00985. The smallest absolute Gasteiger partial charge is 0.336 e. The zero-order valence-corrected chi connectivity index (χ0v) is 18.2. The van der Waals surface area contributed by atoms with Crippen LogP contribution in [0.5, 0.6) is 0 Å². The third-order valence-corrected chi connectivity index (χ3v) is 6.29. The van der Waals surface area contributed by atoms with Gasteiger partial charge in [0.05, 0.1) is 11.1 Å². The molecule has 5 rings (SSSR count). The van der Waals surface area contributed by atoms with Crippen molar-refractivity contribution < 1.29 is 14.7 Å². The number of benzene rings is 2. The quantitative estimate of drug-likeness (QED) is 0.604. The van der Waals surface area contributed by atoms with Crippen molar-refractivity contribution in [3.63, 3.8) is 0 Å². The van der Waals surface area contributed by atoms with E-state index >= 15 is 0 Å². The number of pyridine rings is 1. The number of aromatic nitrogens is 1. The second-order valence-electron chi connectivity index (χ2n) is 8.28. The molecule has 2 N–H and O–H groups in total. The molecule has 1 aromatic heterocycles. The number of carboxylic acids is 1. The van der Waals surface area contributed by atoms with Crippen LogP contribution in [-0.2, 0) is 4.79 Å². The molecule has 0 atom stereocenters. The van der Waals surface area contributed by atoms with E-state index < -0.39 is 5.97 Å². The lowest BCUT2D eigenvalue weighted by molar-refractivity contribution is -0.117. The summed E-state index contributed by atoms with van der Waals surface area (Å²) in [5, 5.41) is 14.0. The summed E-state index contributed by atoms with van der Waals surface area (Å²) >= 11 is 5.99. The van der Waals surface area contributed by atoms with E-state index in [-0.39, 0.29) is 17.4 Å². The highest BCUT2D eigenvalue weighted by atomic mass is 35.5. The first-order valence-electron chi connectivity index (χ1n) is 10.7. The van der Waals surface area contributed by atoms with E-state index in [1.165, 1.54) is 0 Å². The highest BCUT2D eigenvalue weighted by molar-refractivity contribution is 6.30. The first-order valence-corrected chi connectivity index (χ1v) is 11.1. The Kier molecular flexibility index (Phi) is 5.35. The summed E-state index contributed by atoms with van der Waals surface area (Å²) in [6, 6.07) is 14.7. The molecule has 2 aromatic carbocycles. The van der Waals surface area contributed by atoms with Crippen LogP contribution >= 0.6 is 11.6 Å². The van der Waals surface area contributed by atoms with Crippen molar-refractivity contribution in [2.45, 2.75) is 12.8 Å². The number of amides is 1. The summed E-state index contributed by atoms with van der Waals surface area (Å²) < 4.78 is 0. The van der Waals surface area contributed by atoms with E-state index in [9.17, 15) is 14.7 Å². The van der Waals surface area contributed by atoms with E-state index in [0.717, 1.165) is 44.7 Å². The van der Waals surface area contributed by atoms with Crippen LogP contribution in [0.1, 0.15) is 23.2 Å². The molecule has 8 heteroatoms. The van der Waals surface area contributed by atoms with Crippen LogP contribution in [0.3, 0.4) is 0 Å². The molecule has 1 aliphatic heterocycles. The number of aromatic carboxylic acids is 1. The van der Waals surface area contributed by atoms with E-state index in [1.54, 1.807) is 24.3 Å². The number of nitrogens with zero attached hydrogens (tertiary/aromatic N) is 3. The van der Waals surface area contributed by atoms with Crippen LogP contribution in [0.15, 0.2) is 48.5 Å². The topological polar surface area (TPSA) is 85.8 Å². The number of fused-ring (bicyclic) bond motifs is 1. The average molecular weight is 451 g/mol. The molecular weight excluding hydrogens is 428 g/mol. The zero-order valence-electron chi connectivity index (χ0n) is 17.4. The highest BCUT2D eigenvalue weighted by Crippen LogP contribution is 2.31. The van der Waals surface area contributed by atoms with Gasteiger partial charge < -0.3 is 20.2 Å². The van der Waals surface area contributed by atoms with Crippen LogP contribution < -0.4 is 15.1 Å². The Labute approximate surface area is 190 Å². The predicted octanol–water partition coefficient (Wildman–Crippen LogP) is 4.26. The minimum Gasteiger partial charge on any atom is -0.478 e. The summed E-state index contributed by atoms with van der Waals surface area (Å²) in [7, 11) is 0. The standard InChI is InChI=1S/C24H23ClN4O3/c25-16-3-6-18(7-4-16)28-9-11-29(12-10-28)22-14-20(24(31)32)19-13-17(5-8-21(19)27-22)26-23(30)15-1-2-15/h3-8,13-15H,1-2,9-12H2,(H,26,30)(H,31,32). The van der Waals surface area contributed by atoms with Crippen LogP contribution in [-0.4, -0.2) is 48.1 Å². The Morgan fingerprint density at radius 1 is 0.969 bits per heavy atom. The largest absolute Gasteiger partial charge is 0.478 e. The molecule has 2 heterocycles. The van der Waals surface area contributed by atoms with Gasteiger partial charge in [-0.05, 0) is 61.4 Å². The number of anilines is 3. The number of carbonyl (C=O) groups is 2. The van der Waals surface area contributed by atoms with Crippen LogP contribution in [0.4, 0.5) is 17.2 Å². The minimum atomic E-state index is -1.01. The first kappa shape index (κ1) is 20.6. The van der Waals surface area contributed by atoms with Gasteiger partial charge in [0.25, 0.3) is 0 Å². The summed E-state index contributed by atoms with van der Waals surface area (Å²) in [6.45, 7) is 3.07. The van der Waals surface area contributed by atoms with Gasteiger partial charge in [-0.2, -0.15) is 0 Å². The average Bonchev–Trinajstić information content (AvgIpc) is 3.65. The zero-order chi connectivity index (χ0) is 22.2. The molecule has 1 amide bonds. The number of nitrogens with one attached hydrogen (secondary N) is 1. The van der Waals surface area contributed by atoms with Crippen LogP contribution in [0, 0.1) is 5.92 Å². The molecule has 0 bridgehead atoms. The monoisotopic (exact) mass is 450 g/mol. The van der Waals surface area contributed by atoms with E-state index in [0.29, 0.717) is 27.4 Å². The van der Waals surface area contributed by atoms with Gasteiger partial charge in [0.15, 0.2) is 0 Å². The molecule has 2 fully saturated rings. The van der Waals surface area contributed by atoms with E-state index in [4.69, 9.17) is 16.6 Å². The molecule has 1 aliphatic carbocycles. The number of hydrogen-bond donors (Lipinski definition) is 2. The summed E-state index contributed by atoms with van der Waals surface area (Å²) in [5.41, 5.74) is 2.51.